The van der Waals surface area contributed by atoms with Crippen molar-refractivity contribution >= 4 is 16.7 Å². The Bertz CT molecular complexity index is 74.1. The fourth-order valence-corrected chi connectivity index (χ4v) is 0.209. The molecule has 2 nitrogen and oxygen atoms in total. The molecule has 3 heteroatoms. The molecule has 1 amide bonds. The molecule has 1 atom stereocenters. The maximum Gasteiger partial charge on any atom is 0.207 e. The maximum atomic E-state index is 9.58. The van der Waals surface area contributed by atoms with Gasteiger partial charge in [0.1, 0.15) is 0 Å². The zero-order valence-corrected chi connectivity index (χ0v) is 4.85. The van der Waals surface area contributed by atoms with Gasteiger partial charge in [-0.3, -0.25) is 4.79 Å². The topological polar surface area (TPSA) is 29.1 Å². The average Bonchev–Trinajstić information content (AvgIpc) is 1.68. The number of carbonyl (C=O) groups excluding carboxylic acids is 1. The van der Waals surface area contributed by atoms with Crippen molar-refractivity contribution in [1.29, 1.82) is 0 Å². The summed E-state index contributed by atoms with van der Waals surface area (Å²) in [5.41, 5.74) is -0.0995. The minimum atomic E-state index is -0.0995. The summed E-state index contributed by atoms with van der Waals surface area (Å²) in [6, 6.07) is 0. The quantitative estimate of drug-likeness (QED) is 0.295. The third-order valence-corrected chi connectivity index (χ3v) is 0.886. The molecule has 0 aromatic rings. The molecular formula is C4H6NOSi. The van der Waals surface area contributed by atoms with Crippen LogP contribution in [0.2, 0.25) is 0 Å². The maximum absolute atomic E-state index is 9.58. The minimum Gasteiger partial charge on any atom is -0.356 e. The Morgan fingerprint density at radius 2 is 2.43 bits per heavy atom. The Balaban J connectivity index is 3.15. The van der Waals surface area contributed by atoms with Gasteiger partial charge in [-0.2, -0.15) is 0 Å². The van der Waals surface area contributed by atoms with E-state index in [1.807, 2.05) is 0 Å². The molecule has 1 unspecified atom stereocenters. The monoisotopic (exact) mass is 112 g/mol. The van der Waals surface area contributed by atoms with Gasteiger partial charge in [-0.05, 0) is 0 Å². The van der Waals surface area contributed by atoms with Crippen LogP contribution in [0.1, 0.15) is 0 Å². The summed E-state index contributed by atoms with van der Waals surface area (Å²) < 4.78 is 0. The lowest BCUT2D eigenvalue weighted by Crippen LogP contribution is -2.24. The van der Waals surface area contributed by atoms with E-state index < -0.39 is 0 Å². The summed E-state index contributed by atoms with van der Waals surface area (Å²) >= 11 is 0. The van der Waals surface area contributed by atoms with Crippen LogP contribution in [-0.2, 0) is 4.79 Å². The van der Waals surface area contributed by atoms with Crippen LogP contribution in [-0.4, -0.2) is 22.3 Å². The van der Waals surface area contributed by atoms with Gasteiger partial charge in [0.25, 0.3) is 0 Å². The molecule has 3 radical (unpaired) electrons. The molecule has 0 aromatic carbocycles. The third kappa shape index (κ3) is 3.25. The lowest BCUT2D eigenvalue weighted by molar-refractivity contribution is -0.109. The van der Waals surface area contributed by atoms with Gasteiger partial charge in [0, 0.05) is 5.67 Å². The van der Waals surface area contributed by atoms with Crippen LogP contribution in [0.5, 0.6) is 0 Å². The van der Waals surface area contributed by atoms with Crippen molar-refractivity contribution in [3.8, 4) is 0 Å². The van der Waals surface area contributed by atoms with Gasteiger partial charge in [0.05, 0.1) is 10.2 Å². The lowest BCUT2D eigenvalue weighted by Gasteiger charge is -1.98. The Kier molecular flexibility index (Phi) is 3.32. The first-order valence-electron chi connectivity index (χ1n) is 1.84. The van der Waals surface area contributed by atoms with Crippen LogP contribution in [0, 0.1) is 0 Å². The fraction of sp³-hybridized carbons (Fsp3) is 0.250. The highest BCUT2D eigenvalue weighted by Gasteiger charge is 1.86. The van der Waals surface area contributed by atoms with Crippen molar-refractivity contribution in [2.24, 2.45) is 0 Å². The van der Waals surface area contributed by atoms with Crippen LogP contribution in [0.3, 0.4) is 0 Å². The molecule has 0 aliphatic rings. The predicted molar refractivity (Wildman–Crippen MR) is 28.9 cm³/mol. The second-order valence-corrected chi connectivity index (χ2v) is 1.62. The predicted octanol–water partition coefficient (Wildman–Crippen LogP) is -0.587. The first-order chi connectivity index (χ1) is 3.31. The Hall–Kier alpha value is -0.573. The smallest absolute Gasteiger partial charge is 0.207 e. The summed E-state index contributed by atoms with van der Waals surface area (Å²) in [5.74, 6) is 0. The summed E-state index contributed by atoms with van der Waals surface area (Å²) in [7, 11) is 3.12. The first-order valence-corrected chi connectivity index (χ1v) is 2.42. The summed E-state index contributed by atoms with van der Waals surface area (Å²) in [6.07, 6.45) is 2.19. The molecule has 0 aromatic heterocycles. The first kappa shape index (κ1) is 6.43. The van der Waals surface area contributed by atoms with Crippen LogP contribution >= 0.6 is 0 Å². The van der Waals surface area contributed by atoms with Gasteiger partial charge in [0.2, 0.25) is 6.41 Å². The van der Waals surface area contributed by atoms with Crippen molar-refractivity contribution in [2.75, 3.05) is 0 Å². The van der Waals surface area contributed by atoms with Gasteiger partial charge in [-0.15, -0.1) is 6.58 Å². The largest absolute Gasteiger partial charge is 0.356 e. The van der Waals surface area contributed by atoms with E-state index in [0.717, 1.165) is 0 Å². The zero-order chi connectivity index (χ0) is 5.70. The number of nitrogens with one attached hydrogen (secondary N) is 1. The molecule has 1 N–H and O–H groups in total. The van der Waals surface area contributed by atoms with E-state index in [4.69, 9.17) is 0 Å². The molecule has 37 valence electrons. The molecule has 0 bridgehead atoms. The molecule has 0 saturated carbocycles. The lowest BCUT2D eigenvalue weighted by atomic mass is 10.6. The highest BCUT2D eigenvalue weighted by Crippen LogP contribution is 1.68. The van der Waals surface area contributed by atoms with Crippen LogP contribution in [0.4, 0.5) is 0 Å². The third-order valence-electron chi connectivity index (χ3n) is 0.483. The average molecular weight is 112 g/mol. The van der Waals surface area contributed by atoms with Crippen LogP contribution < -0.4 is 5.32 Å². The second kappa shape index (κ2) is 3.61. The van der Waals surface area contributed by atoms with E-state index in [-0.39, 0.29) is 5.67 Å². The van der Waals surface area contributed by atoms with Crippen LogP contribution in [0.25, 0.3) is 0 Å². The molecular weight excluding hydrogens is 106 g/mol. The van der Waals surface area contributed by atoms with Crippen LogP contribution in [0.15, 0.2) is 12.7 Å². The number of rotatable bonds is 3. The van der Waals surface area contributed by atoms with Crippen molar-refractivity contribution in [2.45, 2.75) is 5.67 Å². The SMILES string of the molecule is C=CC([Si])NC=O. The second-order valence-electron chi connectivity index (χ2n) is 0.998. The van der Waals surface area contributed by atoms with Crippen molar-refractivity contribution in [1.82, 2.24) is 5.32 Å². The van der Waals surface area contributed by atoms with Gasteiger partial charge in [0.15, 0.2) is 0 Å². The Morgan fingerprint density at radius 1 is 1.86 bits per heavy atom. The molecule has 0 spiro atoms. The van der Waals surface area contributed by atoms with E-state index in [1.165, 1.54) is 0 Å². The Morgan fingerprint density at radius 3 is 2.57 bits per heavy atom. The molecule has 0 rings (SSSR count). The summed E-state index contributed by atoms with van der Waals surface area (Å²) in [6.45, 7) is 3.41. The van der Waals surface area contributed by atoms with E-state index in [9.17, 15) is 4.79 Å². The van der Waals surface area contributed by atoms with E-state index in [2.05, 4.69) is 22.1 Å². The van der Waals surface area contributed by atoms with E-state index in [0.29, 0.717) is 6.41 Å². The molecule has 7 heavy (non-hydrogen) atoms. The Labute approximate surface area is 46.0 Å². The highest BCUT2D eigenvalue weighted by molar-refractivity contribution is 6.13. The van der Waals surface area contributed by atoms with Crippen molar-refractivity contribution < 1.29 is 4.79 Å². The number of carbonyl (C=O) groups is 1. The van der Waals surface area contributed by atoms with Gasteiger partial charge in [-0.25, -0.2) is 0 Å². The number of amides is 1. The number of hydrogen-bond donors (Lipinski definition) is 1. The standard InChI is InChI=1S/C4H6NOSi/c1-2-4(7)5-3-6/h2-4H,1H2,(H,5,6). The molecule has 0 fully saturated rings. The highest BCUT2D eigenvalue weighted by atomic mass is 28.1. The molecule has 0 heterocycles. The van der Waals surface area contributed by atoms with Crippen molar-refractivity contribution in [3.05, 3.63) is 12.7 Å². The van der Waals surface area contributed by atoms with Crippen molar-refractivity contribution in [3.63, 3.8) is 0 Å². The van der Waals surface area contributed by atoms with E-state index >= 15 is 0 Å². The van der Waals surface area contributed by atoms with Gasteiger partial charge in [-0.1, -0.05) is 6.08 Å². The van der Waals surface area contributed by atoms with E-state index in [1.54, 1.807) is 6.08 Å². The normalized spacial score (nSPS) is 12.1. The summed E-state index contributed by atoms with van der Waals surface area (Å²) in [4.78, 5) is 9.58. The molecule has 0 aliphatic heterocycles. The summed E-state index contributed by atoms with van der Waals surface area (Å²) in [5, 5.41) is 2.41. The fourth-order valence-electron chi connectivity index (χ4n) is 0.141. The van der Waals surface area contributed by atoms with Gasteiger partial charge >= 0.3 is 0 Å². The number of hydrogen-bond acceptors (Lipinski definition) is 1. The minimum absolute atomic E-state index is 0.0995. The zero-order valence-electron chi connectivity index (χ0n) is 3.85. The van der Waals surface area contributed by atoms with Gasteiger partial charge < -0.3 is 5.32 Å². The molecule has 0 aliphatic carbocycles. The molecule has 0 saturated heterocycles.